The third kappa shape index (κ3) is 10.7. The molecular formula is C11H21N3O4. The van der Waals surface area contributed by atoms with E-state index in [-0.39, 0.29) is 24.3 Å². The monoisotopic (exact) mass is 259 g/mol. The normalized spacial score (nSPS) is 11.4. The van der Waals surface area contributed by atoms with Gasteiger partial charge in [-0.25, -0.2) is 4.79 Å². The summed E-state index contributed by atoms with van der Waals surface area (Å²) in [6.45, 7) is 4.45. The largest absolute Gasteiger partial charge is 0.481 e. The molecule has 1 unspecified atom stereocenters. The van der Waals surface area contributed by atoms with E-state index in [9.17, 15) is 14.4 Å². The summed E-state index contributed by atoms with van der Waals surface area (Å²) in [5, 5.41) is 16.3. The standard InChI is InChI=1S/C11H21N3O4/c1-8(3-4-10(16)17)7-14-11(18)13-6-5-12-9(2)15/h8H,3-7H2,1-2H3,(H,12,15)(H,16,17)(H2,13,14,18). The molecule has 1 atom stereocenters. The van der Waals surface area contributed by atoms with Gasteiger partial charge in [0, 0.05) is 33.0 Å². The summed E-state index contributed by atoms with van der Waals surface area (Å²) in [7, 11) is 0. The lowest BCUT2D eigenvalue weighted by Gasteiger charge is -2.12. The number of hydrogen-bond acceptors (Lipinski definition) is 3. The summed E-state index contributed by atoms with van der Waals surface area (Å²) < 4.78 is 0. The summed E-state index contributed by atoms with van der Waals surface area (Å²) in [4.78, 5) is 32.2. The van der Waals surface area contributed by atoms with Gasteiger partial charge >= 0.3 is 12.0 Å². The van der Waals surface area contributed by atoms with Gasteiger partial charge in [-0.2, -0.15) is 0 Å². The fourth-order valence-corrected chi connectivity index (χ4v) is 1.22. The molecule has 0 fully saturated rings. The number of carbonyl (C=O) groups is 3. The number of carboxylic acid groups (broad SMARTS) is 1. The molecule has 18 heavy (non-hydrogen) atoms. The zero-order valence-corrected chi connectivity index (χ0v) is 10.8. The van der Waals surface area contributed by atoms with E-state index in [0.29, 0.717) is 26.1 Å². The number of carbonyl (C=O) groups excluding carboxylic acids is 2. The van der Waals surface area contributed by atoms with Gasteiger partial charge in [0.15, 0.2) is 0 Å². The van der Waals surface area contributed by atoms with Crippen molar-refractivity contribution in [3.05, 3.63) is 0 Å². The van der Waals surface area contributed by atoms with Crippen LogP contribution in [0.2, 0.25) is 0 Å². The topological polar surface area (TPSA) is 108 Å². The molecule has 0 spiro atoms. The first kappa shape index (κ1) is 16.2. The highest BCUT2D eigenvalue weighted by Crippen LogP contribution is 2.03. The second-order valence-corrected chi connectivity index (χ2v) is 4.16. The highest BCUT2D eigenvalue weighted by atomic mass is 16.4. The number of aliphatic carboxylic acids is 1. The Kier molecular flexibility index (Phi) is 8.34. The van der Waals surface area contributed by atoms with Crippen LogP contribution in [0.3, 0.4) is 0 Å². The quantitative estimate of drug-likeness (QED) is 0.457. The Morgan fingerprint density at radius 2 is 1.72 bits per heavy atom. The van der Waals surface area contributed by atoms with Gasteiger partial charge in [0.1, 0.15) is 0 Å². The Morgan fingerprint density at radius 1 is 1.11 bits per heavy atom. The number of rotatable bonds is 8. The molecule has 0 rings (SSSR count). The van der Waals surface area contributed by atoms with Crippen LogP contribution < -0.4 is 16.0 Å². The van der Waals surface area contributed by atoms with Crippen molar-refractivity contribution in [2.24, 2.45) is 5.92 Å². The van der Waals surface area contributed by atoms with Gasteiger partial charge in [0.2, 0.25) is 5.91 Å². The van der Waals surface area contributed by atoms with Crippen molar-refractivity contribution in [3.8, 4) is 0 Å². The fourth-order valence-electron chi connectivity index (χ4n) is 1.22. The molecule has 0 aliphatic rings. The summed E-state index contributed by atoms with van der Waals surface area (Å²) >= 11 is 0. The molecule has 0 saturated carbocycles. The highest BCUT2D eigenvalue weighted by Gasteiger charge is 2.07. The lowest BCUT2D eigenvalue weighted by molar-refractivity contribution is -0.137. The predicted molar refractivity (Wildman–Crippen MR) is 66.1 cm³/mol. The van der Waals surface area contributed by atoms with Crippen LogP contribution in [0.5, 0.6) is 0 Å². The zero-order valence-electron chi connectivity index (χ0n) is 10.8. The average Bonchev–Trinajstić information content (AvgIpc) is 2.29. The van der Waals surface area contributed by atoms with Crippen molar-refractivity contribution in [1.82, 2.24) is 16.0 Å². The van der Waals surface area contributed by atoms with Crippen LogP contribution in [0.1, 0.15) is 26.7 Å². The first-order valence-electron chi connectivity index (χ1n) is 5.89. The zero-order chi connectivity index (χ0) is 14.0. The van der Waals surface area contributed by atoms with Crippen molar-refractivity contribution in [1.29, 1.82) is 0 Å². The summed E-state index contributed by atoms with van der Waals surface area (Å²) in [6, 6.07) is -0.317. The number of urea groups is 1. The van der Waals surface area contributed by atoms with Gasteiger partial charge in [-0.15, -0.1) is 0 Å². The van der Waals surface area contributed by atoms with Crippen LogP contribution in [0.25, 0.3) is 0 Å². The Labute approximate surface area is 106 Å². The maximum atomic E-state index is 11.3. The smallest absolute Gasteiger partial charge is 0.314 e. The van der Waals surface area contributed by atoms with Gasteiger partial charge in [0.05, 0.1) is 0 Å². The van der Waals surface area contributed by atoms with Crippen LogP contribution in [0.15, 0.2) is 0 Å². The van der Waals surface area contributed by atoms with Crippen molar-refractivity contribution in [2.75, 3.05) is 19.6 Å². The van der Waals surface area contributed by atoms with E-state index in [1.54, 1.807) is 0 Å². The number of amides is 3. The van der Waals surface area contributed by atoms with Crippen molar-refractivity contribution >= 4 is 17.9 Å². The summed E-state index contributed by atoms with van der Waals surface area (Å²) in [6.07, 6.45) is 0.633. The molecule has 3 amide bonds. The van der Waals surface area contributed by atoms with Crippen LogP contribution in [-0.2, 0) is 9.59 Å². The van der Waals surface area contributed by atoms with E-state index in [1.807, 2.05) is 6.92 Å². The highest BCUT2D eigenvalue weighted by molar-refractivity contribution is 5.74. The Balaban J connectivity index is 3.51. The van der Waals surface area contributed by atoms with Crippen LogP contribution in [0, 0.1) is 5.92 Å². The van der Waals surface area contributed by atoms with Crippen molar-refractivity contribution in [2.45, 2.75) is 26.7 Å². The van der Waals surface area contributed by atoms with E-state index < -0.39 is 5.97 Å². The molecule has 4 N–H and O–H groups in total. The SMILES string of the molecule is CC(=O)NCCNC(=O)NCC(C)CCC(=O)O. The molecule has 104 valence electrons. The first-order valence-corrected chi connectivity index (χ1v) is 5.89. The van der Waals surface area contributed by atoms with Crippen LogP contribution in [-0.4, -0.2) is 42.6 Å². The van der Waals surface area contributed by atoms with Crippen LogP contribution >= 0.6 is 0 Å². The second-order valence-electron chi connectivity index (χ2n) is 4.16. The van der Waals surface area contributed by atoms with Gasteiger partial charge in [0.25, 0.3) is 0 Å². The fraction of sp³-hybridized carbons (Fsp3) is 0.727. The van der Waals surface area contributed by atoms with E-state index in [2.05, 4.69) is 16.0 Å². The molecule has 7 nitrogen and oxygen atoms in total. The molecule has 0 aromatic carbocycles. The minimum atomic E-state index is -0.832. The minimum Gasteiger partial charge on any atom is -0.481 e. The summed E-state index contributed by atoms with van der Waals surface area (Å²) in [5.41, 5.74) is 0. The molecule has 0 aliphatic heterocycles. The number of nitrogens with one attached hydrogen (secondary N) is 3. The maximum absolute atomic E-state index is 11.3. The molecule has 0 bridgehead atoms. The van der Waals surface area contributed by atoms with Crippen LogP contribution in [0.4, 0.5) is 4.79 Å². The lowest BCUT2D eigenvalue weighted by Crippen LogP contribution is -2.41. The molecule has 0 radical (unpaired) electrons. The lowest BCUT2D eigenvalue weighted by atomic mass is 10.1. The molecule has 0 aliphatic carbocycles. The third-order valence-corrected chi connectivity index (χ3v) is 2.25. The first-order chi connectivity index (χ1) is 8.41. The van der Waals surface area contributed by atoms with Gasteiger partial charge in [-0.05, 0) is 12.3 Å². The van der Waals surface area contributed by atoms with E-state index in [0.717, 1.165) is 0 Å². The van der Waals surface area contributed by atoms with Gasteiger partial charge < -0.3 is 21.1 Å². The van der Waals surface area contributed by atoms with Crippen molar-refractivity contribution in [3.63, 3.8) is 0 Å². The van der Waals surface area contributed by atoms with E-state index >= 15 is 0 Å². The van der Waals surface area contributed by atoms with E-state index in [4.69, 9.17) is 5.11 Å². The Morgan fingerprint density at radius 3 is 2.28 bits per heavy atom. The summed E-state index contributed by atoms with van der Waals surface area (Å²) in [5.74, 6) is -0.858. The molecule has 0 aromatic heterocycles. The number of hydrogen-bond donors (Lipinski definition) is 4. The molecule has 0 heterocycles. The third-order valence-electron chi connectivity index (χ3n) is 2.25. The molecule has 0 aromatic rings. The van der Waals surface area contributed by atoms with E-state index in [1.165, 1.54) is 6.92 Å². The number of carboxylic acids is 1. The second kappa shape index (κ2) is 9.26. The van der Waals surface area contributed by atoms with Crippen molar-refractivity contribution < 1.29 is 19.5 Å². The maximum Gasteiger partial charge on any atom is 0.314 e. The predicted octanol–water partition coefficient (Wildman–Crippen LogP) is -0.0774. The average molecular weight is 259 g/mol. The minimum absolute atomic E-state index is 0.104. The van der Waals surface area contributed by atoms with Gasteiger partial charge in [-0.1, -0.05) is 6.92 Å². The Bertz CT molecular complexity index is 294. The van der Waals surface area contributed by atoms with Gasteiger partial charge in [-0.3, -0.25) is 9.59 Å². The molecule has 0 saturated heterocycles. The molecule has 7 heteroatoms. The Hall–Kier alpha value is -1.79. The molecular weight excluding hydrogens is 238 g/mol.